The summed E-state index contributed by atoms with van der Waals surface area (Å²) in [4.78, 5) is 25.8. The van der Waals surface area contributed by atoms with Gasteiger partial charge >= 0.3 is 0 Å². The van der Waals surface area contributed by atoms with Crippen molar-refractivity contribution in [1.29, 1.82) is 0 Å². The summed E-state index contributed by atoms with van der Waals surface area (Å²) < 4.78 is 0. The lowest BCUT2D eigenvalue weighted by molar-refractivity contribution is -0.131. The zero-order valence-corrected chi connectivity index (χ0v) is 12.1. The van der Waals surface area contributed by atoms with Crippen LogP contribution in [0.2, 0.25) is 0 Å². The van der Waals surface area contributed by atoms with Crippen LogP contribution in [0, 0.1) is 0 Å². The first-order valence-electron chi connectivity index (χ1n) is 7.69. The van der Waals surface area contributed by atoms with Crippen LogP contribution in [0.3, 0.4) is 0 Å². The zero-order valence-electron chi connectivity index (χ0n) is 12.1. The number of hydrogen-bond acceptors (Lipinski definition) is 2. The Morgan fingerprint density at radius 2 is 2.15 bits per heavy atom. The van der Waals surface area contributed by atoms with Gasteiger partial charge < -0.3 is 10.2 Å². The molecule has 20 heavy (non-hydrogen) atoms. The summed E-state index contributed by atoms with van der Waals surface area (Å²) >= 11 is 0. The van der Waals surface area contributed by atoms with E-state index in [1.165, 1.54) is 11.1 Å². The van der Waals surface area contributed by atoms with Gasteiger partial charge in [-0.3, -0.25) is 9.59 Å². The Balaban J connectivity index is 1.75. The maximum Gasteiger partial charge on any atom is 0.250 e. The maximum absolute atomic E-state index is 12.6. The van der Waals surface area contributed by atoms with E-state index in [9.17, 15) is 9.59 Å². The van der Waals surface area contributed by atoms with Crippen molar-refractivity contribution in [2.75, 3.05) is 13.1 Å². The van der Waals surface area contributed by atoms with Crippen LogP contribution < -0.4 is 5.32 Å². The molecule has 108 valence electrons. The lowest BCUT2D eigenvalue weighted by Crippen LogP contribution is -2.49. The third kappa shape index (κ3) is 2.28. The second kappa shape index (κ2) is 5.43. The molecule has 0 saturated carbocycles. The minimum Gasteiger partial charge on any atom is -0.354 e. The van der Waals surface area contributed by atoms with Crippen LogP contribution in [0.15, 0.2) is 22.8 Å². The molecule has 1 N–H and O–H groups in total. The molecule has 2 aliphatic heterocycles. The number of carbonyl (C=O) groups is 2. The molecule has 2 heterocycles. The molecule has 0 bridgehead atoms. The summed E-state index contributed by atoms with van der Waals surface area (Å²) in [6.45, 7) is 3.54. The average molecular weight is 274 g/mol. The van der Waals surface area contributed by atoms with Crippen molar-refractivity contribution in [2.24, 2.45) is 0 Å². The molecule has 2 amide bonds. The monoisotopic (exact) mass is 274 g/mol. The Morgan fingerprint density at radius 1 is 1.30 bits per heavy atom. The van der Waals surface area contributed by atoms with E-state index in [-0.39, 0.29) is 17.9 Å². The van der Waals surface area contributed by atoms with Crippen LogP contribution in [-0.4, -0.2) is 35.8 Å². The highest BCUT2D eigenvalue weighted by Gasteiger charge is 2.37. The van der Waals surface area contributed by atoms with Crippen molar-refractivity contribution in [1.82, 2.24) is 10.2 Å². The van der Waals surface area contributed by atoms with E-state index < -0.39 is 0 Å². The molecule has 0 aromatic heterocycles. The Labute approximate surface area is 119 Å². The van der Waals surface area contributed by atoms with Crippen LogP contribution in [-0.2, 0) is 9.59 Å². The van der Waals surface area contributed by atoms with Gasteiger partial charge in [-0.15, -0.1) is 0 Å². The SMILES string of the molecule is CCCC1=CCCC2=C1CN(C1CCC(=O)NC1)C2=O. The molecule has 1 saturated heterocycles. The Kier molecular flexibility index (Phi) is 3.64. The van der Waals surface area contributed by atoms with Gasteiger partial charge in [0.25, 0.3) is 5.91 Å². The van der Waals surface area contributed by atoms with Crippen LogP contribution >= 0.6 is 0 Å². The van der Waals surface area contributed by atoms with Crippen LogP contribution in [0.4, 0.5) is 0 Å². The number of allylic oxidation sites excluding steroid dienone is 1. The molecule has 4 heteroatoms. The first-order chi connectivity index (χ1) is 9.70. The second-order valence-corrected chi connectivity index (χ2v) is 5.90. The molecule has 0 radical (unpaired) electrons. The standard InChI is InChI=1S/C16H22N2O2/c1-2-4-11-5-3-6-13-14(11)10-18(16(13)20)12-7-8-15(19)17-9-12/h5,12H,2-4,6-10H2,1H3,(H,17,19). The molecule has 0 aromatic carbocycles. The van der Waals surface area contributed by atoms with Crippen LogP contribution in [0.25, 0.3) is 0 Å². The van der Waals surface area contributed by atoms with Crippen LogP contribution in [0.5, 0.6) is 0 Å². The Bertz CT molecular complexity index is 495. The van der Waals surface area contributed by atoms with Gasteiger partial charge in [0.1, 0.15) is 0 Å². The van der Waals surface area contributed by atoms with Gasteiger partial charge in [0.15, 0.2) is 0 Å². The summed E-state index contributed by atoms with van der Waals surface area (Å²) in [6, 6.07) is 0.175. The van der Waals surface area contributed by atoms with Gasteiger partial charge in [0.2, 0.25) is 5.91 Å². The van der Waals surface area contributed by atoms with E-state index in [0.29, 0.717) is 13.0 Å². The average Bonchev–Trinajstić information content (AvgIpc) is 2.79. The van der Waals surface area contributed by atoms with Crippen molar-refractivity contribution < 1.29 is 9.59 Å². The van der Waals surface area contributed by atoms with E-state index in [4.69, 9.17) is 0 Å². The molecule has 1 unspecified atom stereocenters. The summed E-state index contributed by atoms with van der Waals surface area (Å²) in [7, 11) is 0. The highest BCUT2D eigenvalue weighted by atomic mass is 16.2. The topological polar surface area (TPSA) is 49.4 Å². The molecule has 3 aliphatic rings. The van der Waals surface area contributed by atoms with Crippen LogP contribution in [0.1, 0.15) is 45.4 Å². The molecule has 0 aromatic rings. The van der Waals surface area contributed by atoms with Gasteiger partial charge in [-0.25, -0.2) is 0 Å². The molecular formula is C16H22N2O2. The van der Waals surface area contributed by atoms with Crippen molar-refractivity contribution >= 4 is 11.8 Å². The minimum absolute atomic E-state index is 0.109. The van der Waals surface area contributed by atoms with E-state index in [0.717, 1.165) is 44.2 Å². The molecule has 1 atom stereocenters. The molecule has 1 fully saturated rings. The second-order valence-electron chi connectivity index (χ2n) is 5.90. The third-order valence-corrected chi connectivity index (χ3v) is 4.58. The highest BCUT2D eigenvalue weighted by molar-refractivity contribution is 5.98. The molecule has 3 rings (SSSR count). The van der Waals surface area contributed by atoms with E-state index in [1.807, 2.05) is 4.90 Å². The fourth-order valence-electron chi connectivity index (χ4n) is 3.51. The van der Waals surface area contributed by atoms with Crippen molar-refractivity contribution in [3.05, 3.63) is 22.8 Å². The lowest BCUT2D eigenvalue weighted by Gasteiger charge is -2.31. The number of carbonyl (C=O) groups excluding carboxylic acids is 2. The zero-order chi connectivity index (χ0) is 14.1. The number of nitrogens with zero attached hydrogens (tertiary/aromatic N) is 1. The number of rotatable bonds is 3. The first kappa shape index (κ1) is 13.4. The molecular weight excluding hydrogens is 252 g/mol. The number of amides is 2. The molecule has 1 aliphatic carbocycles. The third-order valence-electron chi connectivity index (χ3n) is 4.58. The van der Waals surface area contributed by atoms with Gasteiger partial charge in [-0.1, -0.05) is 19.4 Å². The molecule has 4 nitrogen and oxygen atoms in total. The summed E-state index contributed by atoms with van der Waals surface area (Å²) in [5.41, 5.74) is 3.69. The molecule has 0 spiro atoms. The normalized spacial score (nSPS) is 26.6. The lowest BCUT2D eigenvalue weighted by atomic mass is 9.90. The quantitative estimate of drug-likeness (QED) is 0.855. The van der Waals surface area contributed by atoms with E-state index in [2.05, 4.69) is 18.3 Å². The highest BCUT2D eigenvalue weighted by Crippen LogP contribution is 2.36. The predicted octanol–water partition coefficient (Wildman–Crippen LogP) is 1.92. The van der Waals surface area contributed by atoms with Gasteiger partial charge in [-0.05, 0) is 36.8 Å². The fourth-order valence-corrected chi connectivity index (χ4v) is 3.51. The largest absolute Gasteiger partial charge is 0.354 e. The fraction of sp³-hybridized carbons (Fsp3) is 0.625. The van der Waals surface area contributed by atoms with E-state index >= 15 is 0 Å². The predicted molar refractivity (Wildman–Crippen MR) is 77.0 cm³/mol. The van der Waals surface area contributed by atoms with Gasteiger partial charge in [0, 0.05) is 25.1 Å². The number of piperidine rings is 1. The van der Waals surface area contributed by atoms with Crippen molar-refractivity contribution in [3.63, 3.8) is 0 Å². The Morgan fingerprint density at radius 3 is 2.85 bits per heavy atom. The maximum atomic E-state index is 12.6. The van der Waals surface area contributed by atoms with Crippen molar-refractivity contribution in [3.8, 4) is 0 Å². The number of nitrogens with one attached hydrogen (secondary N) is 1. The summed E-state index contributed by atoms with van der Waals surface area (Å²) in [5, 5.41) is 2.88. The number of hydrogen-bond donors (Lipinski definition) is 1. The van der Waals surface area contributed by atoms with Gasteiger partial charge in [-0.2, -0.15) is 0 Å². The first-order valence-corrected chi connectivity index (χ1v) is 7.69. The summed E-state index contributed by atoms with van der Waals surface area (Å²) in [5.74, 6) is 0.319. The Hall–Kier alpha value is -1.58. The minimum atomic E-state index is 0.109. The summed E-state index contributed by atoms with van der Waals surface area (Å²) in [6.07, 6.45) is 7.72. The smallest absolute Gasteiger partial charge is 0.250 e. The van der Waals surface area contributed by atoms with E-state index in [1.54, 1.807) is 0 Å². The van der Waals surface area contributed by atoms with Gasteiger partial charge in [0.05, 0.1) is 6.04 Å². The van der Waals surface area contributed by atoms with Crippen molar-refractivity contribution in [2.45, 2.75) is 51.5 Å².